The molecule has 1 heterocycles. The van der Waals surface area contributed by atoms with Crippen LogP contribution in [-0.4, -0.2) is 31.7 Å². The van der Waals surface area contributed by atoms with Gasteiger partial charge in [0, 0.05) is 29.5 Å². The van der Waals surface area contributed by atoms with Crippen molar-refractivity contribution in [3.05, 3.63) is 74.9 Å². The summed E-state index contributed by atoms with van der Waals surface area (Å²) in [5, 5.41) is 34.2. The molecule has 2 saturated carbocycles. The van der Waals surface area contributed by atoms with E-state index in [-0.39, 0.29) is 28.3 Å². The first-order chi connectivity index (χ1) is 20.2. The highest BCUT2D eigenvalue weighted by molar-refractivity contribution is 5.95. The van der Waals surface area contributed by atoms with Gasteiger partial charge in [0.15, 0.2) is 11.3 Å². The van der Waals surface area contributed by atoms with Crippen molar-refractivity contribution in [3.63, 3.8) is 0 Å². The zero-order chi connectivity index (χ0) is 29.2. The van der Waals surface area contributed by atoms with E-state index < -0.39 is 10.5 Å². The number of anilines is 2. The molecule has 4 aliphatic rings. The minimum absolute atomic E-state index is 0.0949. The average Bonchev–Trinajstić information content (AvgIpc) is 3.56. The van der Waals surface area contributed by atoms with E-state index in [2.05, 4.69) is 46.5 Å². The maximum atomic E-state index is 12.3. The minimum Gasteiger partial charge on any atom is -0.377 e. The lowest BCUT2D eigenvalue weighted by molar-refractivity contribution is -0.383. The lowest BCUT2D eigenvalue weighted by Crippen LogP contribution is -2.51. The number of aromatic nitrogens is 2. The Labute approximate surface area is 243 Å². The first-order valence-electron chi connectivity index (χ1n) is 14.6. The summed E-state index contributed by atoms with van der Waals surface area (Å²) in [6, 6.07) is 11.2. The summed E-state index contributed by atoms with van der Waals surface area (Å²) in [6.07, 6.45) is 7.55. The molecule has 0 aliphatic heterocycles. The molecule has 214 valence electrons. The molecule has 1 aromatic heterocycles. The molecule has 2 N–H and O–H groups in total. The molecule has 4 aliphatic carbocycles. The SMILES string of the molecule is CC#C[C@]1(O)CC[C@H]2[C@@H]3CCC4=CC(=O)CCC4=C3[C@@H](c3ccc(Nc4ccc([N+](=O)[O-])c5nonc45)cc3)C[C@@]21C. The number of benzene rings is 2. The number of rotatable bonds is 4. The smallest absolute Gasteiger partial charge is 0.300 e. The van der Waals surface area contributed by atoms with Gasteiger partial charge in [-0.15, -0.1) is 5.92 Å². The van der Waals surface area contributed by atoms with Crippen LogP contribution in [0.2, 0.25) is 0 Å². The molecule has 5 atom stereocenters. The Kier molecular flexibility index (Phi) is 6.10. The second-order valence-electron chi connectivity index (χ2n) is 12.4. The Morgan fingerprint density at radius 2 is 1.88 bits per heavy atom. The highest BCUT2D eigenvalue weighted by atomic mass is 16.6. The highest BCUT2D eigenvalue weighted by Crippen LogP contribution is 2.66. The molecule has 9 heteroatoms. The van der Waals surface area contributed by atoms with Crippen LogP contribution in [0.25, 0.3) is 11.0 Å². The van der Waals surface area contributed by atoms with Crippen molar-refractivity contribution in [1.29, 1.82) is 0 Å². The molecule has 42 heavy (non-hydrogen) atoms. The number of hydrogen-bond donors (Lipinski definition) is 2. The summed E-state index contributed by atoms with van der Waals surface area (Å²) < 4.78 is 4.81. The van der Waals surface area contributed by atoms with E-state index in [0.717, 1.165) is 37.8 Å². The van der Waals surface area contributed by atoms with E-state index in [1.807, 2.05) is 18.2 Å². The molecule has 0 saturated heterocycles. The van der Waals surface area contributed by atoms with E-state index in [1.165, 1.54) is 28.3 Å². The number of nitro benzene ring substituents is 1. The van der Waals surface area contributed by atoms with Gasteiger partial charge in [-0.05, 0) is 109 Å². The predicted octanol–water partition coefficient (Wildman–Crippen LogP) is 6.53. The second-order valence-corrected chi connectivity index (χ2v) is 12.4. The fourth-order valence-corrected chi connectivity index (χ4v) is 8.43. The third kappa shape index (κ3) is 3.92. The van der Waals surface area contributed by atoms with Crippen LogP contribution >= 0.6 is 0 Å². The van der Waals surface area contributed by atoms with E-state index in [4.69, 9.17) is 4.63 Å². The lowest BCUT2D eigenvalue weighted by atomic mass is 9.51. The number of aliphatic hydroxyl groups is 1. The van der Waals surface area contributed by atoms with Gasteiger partial charge in [-0.2, -0.15) is 0 Å². The summed E-state index contributed by atoms with van der Waals surface area (Å²) >= 11 is 0. The maximum Gasteiger partial charge on any atom is 0.300 e. The normalized spacial score (nSPS) is 30.1. The maximum absolute atomic E-state index is 12.3. The largest absolute Gasteiger partial charge is 0.377 e. The zero-order valence-electron chi connectivity index (χ0n) is 23.6. The van der Waals surface area contributed by atoms with Crippen LogP contribution in [-0.2, 0) is 4.79 Å². The monoisotopic (exact) mass is 564 g/mol. The van der Waals surface area contributed by atoms with Crippen LogP contribution in [0.3, 0.4) is 0 Å². The minimum atomic E-state index is -1.02. The number of hydrogen-bond acceptors (Lipinski definition) is 8. The number of nitrogens with one attached hydrogen (secondary N) is 1. The quantitative estimate of drug-likeness (QED) is 0.208. The van der Waals surface area contributed by atoms with Crippen molar-refractivity contribution in [2.45, 2.75) is 70.3 Å². The summed E-state index contributed by atoms with van der Waals surface area (Å²) in [6.45, 7) is 4.04. The molecule has 3 aromatic rings. The fraction of sp³-hybridized carbons (Fsp3) is 0.424. The molecule has 9 nitrogen and oxygen atoms in total. The number of carbonyl (C=O) groups excluding carboxylic acids is 1. The number of non-ortho nitro benzene ring substituents is 1. The number of fused-ring (bicyclic) bond motifs is 5. The van der Waals surface area contributed by atoms with Gasteiger partial charge in [0.05, 0.1) is 10.6 Å². The Morgan fingerprint density at radius 1 is 1.10 bits per heavy atom. The fourth-order valence-electron chi connectivity index (χ4n) is 8.43. The molecular weight excluding hydrogens is 532 g/mol. The van der Waals surface area contributed by atoms with Crippen molar-refractivity contribution in [2.24, 2.45) is 17.3 Å². The number of ketones is 1. The van der Waals surface area contributed by atoms with Gasteiger partial charge in [0.2, 0.25) is 5.52 Å². The van der Waals surface area contributed by atoms with Crippen LogP contribution in [0.15, 0.2) is 63.8 Å². The third-order valence-electron chi connectivity index (χ3n) is 10.4. The molecule has 0 unspecified atom stereocenters. The summed E-state index contributed by atoms with van der Waals surface area (Å²) in [5.74, 6) is 7.25. The molecular formula is C33H32N4O5. The first kappa shape index (κ1) is 26.6. The Morgan fingerprint density at radius 3 is 2.64 bits per heavy atom. The van der Waals surface area contributed by atoms with E-state index in [1.54, 1.807) is 13.0 Å². The van der Waals surface area contributed by atoms with Gasteiger partial charge in [-0.1, -0.05) is 30.6 Å². The summed E-state index contributed by atoms with van der Waals surface area (Å²) in [4.78, 5) is 23.2. The number of allylic oxidation sites excluding steroid dienone is 4. The van der Waals surface area contributed by atoms with Crippen LogP contribution in [0, 0.1) is 39.2 Å². The molecule has 2 aromatic carbocycles. The molecule has 0 bridgehead atoms. The van der Waals surface area contributed by atoms with Crippen LogP contribution in [0.1, 0.15) is 70.3 Å². The van der Waals surface area contributed by atoms with E-state index >= 15 is 0 Å². The zero-order valence-corrected chi connectivity index (χ0v) is 23.6. The van der Waals surface area contributed by atoms with Crippen molar-refractivity contribution in [3.8, 4) is 11.8 Å². The van der Waals surface area contributed by atoms with Crippen LogP contribution in [0.5, 0.6) is 0 Å². The van der Waals surface area contributed by atoms with E-state index in [9.17, 15) is 20.0 Å². The van der Waals surface area contributed by atoms with Gasteiger partial charge >= 0.3 is 5.69 Å². The number of nitrogens with zero attached hydrogens (tertiary/aromatic N) is 3. The number of nitro groups is 1. The third-order valence-corrected chi connectivity index (χ3v) is 10.4. The Hall–Kier alpha value is -4.29. The summed E-state index contributed by atoms with van der Waals surface area (Å²) in [7, 11) is 0. The molecule has 0 spiro atoms. The van der Waals surface area contributed by atoms with Crippen molar-refractivity contribution >= 4 is 33.9 Å². The molecule has 0 amide bonds. The van der Waals surface area contributed by atoms with Gasteiger partial charge in [0.1, 0.15) is 5.60 Å². The standard InChI is InChI=1S/C33H32N4O5/c1-3-15-33(39)16-14-26-24-10-6-20-17-22(38)9-11-23(20)29(24)25(18-32(26,33)2)19-4-7-21(8-5-19)34-27-12-13-28(37(40)41)31-30(27)35-42-36-31/h4-5,7-8,12-13,17,24-26,34,39H,6,9-11,14,16,18H2,1-2H3/t24-,25+,26-,32-,33-/m0/s1. The van der Waals surface area contributed by atoms with Gasteiger partial charge in [-0.3, -0.25) is 14.9 Å². The van der Waals surface area contributed by atoms with Gasteiger partial charge < -0.3 is 10.4 Å². The van der Waals surface area contributed by atoms with Crippen LogP contribution in [0.4, 0.5) is 17.1 Å². The summed E-state index contributed by atoms with van der Waals surface area (Å²) in [5.41, 5.74) is 5.42. The average molecular weight is 565 g/mol. The Balaban J connectivity index is 1.27. The Bertz CT molecular complexity index is 1760. The molecule has 2 fully saturated rings. The van der Waals surface area contributed by atoms with Crippen molar-refractivity contribution < 1.29 is 19.5 Å². The van der Waals surface area contributed by atoms with E-state index in [0.29, 0.717) is 35.9 Å². The highest BCUT2D eigenvalue weighted by Gasteiger charge is 2.62. The molecule has 0 radical (unpaired) electrons. The number of carbonyl (C=O) groups is 1. The topological polar surface area (TPSA) is 131 Å². The first-order valence-corrected chi connectivity index (χ1v) is 14.6. The van der Waals surface area contributed by atoms with Crippen molar-refractivity contribution in [2.75, 3.05) is 5.32 Å². The second kappa shape index (κ2) is 9.63. The van der Waals surface area contributed by atoms with Gasteiger partial charge in [-0.25, -0.2) is 4.63 Å². The van der Waals surface area contributed by atoms with Gasteiger partial charge in [0.25, 0.3) is 0 Å². The van der Waals surface area contributed by atoms with Crippen molar-refractivity contribution in [1.82, 2.24) is 10.3 Å². The van der Waals surface area contributed by atoms with Crippen LogP contribution < -0.4 is 5.32 Å². The lowest BCUT2D eigenvalue weighted by Gasteiger charge is -2.53. The predicted molar refractivity (Wildman–Crippen MR) is 157 cm³/mol. The molecule has 7 rings (SSSR count).